The summed E-state index contributed by atoms with van der Waals surface area (Å²) in [6.07, 6.45) is 2.48. The first-order chi connectivity index (χ1) is 13.9. The van der Waals surface area contributed by atoms with Gasteiger partial charge in [0.25, 0.3) is 5.91 Å². The topological polar surface area (TPSA) is 80.0 Å². The van der Waals surface area contributed by atoms with Gasteiger partial charge in [0.05, 0.1) is 17.5 Å². The lowest BCUT2D eigenvalue weighted by Gasteiger charge is -2.35. The third kappa shape index (κ3) is 3.94. The van der Waals surface area contributed by atoms with Crippen molar-refractivity contribution in [3.05, 3.63) is 59.2 Å². The van der Waals surface area contributed by atoms with Gasteiger partial charge in [-0.25, -0.2) is 19.0 Å². The minimum Gasteiger partial charge on any atom is -0.353 e. The van der Waals surface area contributed by atoms with E-state index >= 15 is 0 Å². The number of halogens is 1. The molecule has 8 nitrogen and oxygen atoms in total. The number of amides is 1. The Bertz CT molecular complexity index is 1060. The van der Waals surface area contributed by atoms with Crippen LogP contribution in [0.1, 0.15) is 27.6 Å². The average molecular weight is 395 g/mol. The molecule has 3 aromatic heterocycles. The molecule has 150 valence electrons. The van der Waals surface area contributed by atoms with Gasteiger partial charge in [0, 0.05) is 44.1 Å². The highest BCUT2D eigenvalue weighted by atomic mass is 19.1. The third-order valence-electron chi connectivity index (χ3n) is 4.88. The van der Waals surface area contributed by atoms with Gasteiger partial charge in [-0.1, -0.05) is 0 Å². The first-order valence-electron chi connectivity index (χ1n) is 9.45. The number of pyridine rings is 1. The molecule has 1 fully saturated rings. The van der Waals surface area contributed by atoms with Crippen LogP contribution >= 0.6 is 0 Å². The number of nitrogens with zero attached hydrogens (tertiary/aromatic N) is 7. The summed E-state index contributed by atoms with van der Waals surface area (Å²) < 4.78 is 15.2. The zero-order chi connectivity index (χ0) is 20.5. The smallest absolute Gasteiger partial charge is 0.255 e. The van der Waals surface area contributed by atoms with Gasteiger partial charge in [0.2, 0.25) is 0 Å². The number of aromatic nitrogens is 5. The summed E-state index contributed by atoms with van der Waals surface area (Å²) in [6, 6.07) is 5.14. The summed E-state index contributed by atoms with van der Waals surface area (Å²) in [5.41, 5.74) is 2.20. The Hall–Kier alpha value is -3.36. The number of piperazine rings is 1. The van der Waals surface area contributed by atoms with E-state index in [1.807, 2.05) is 37.6 Å². The number of carbonyl (C=O) groups is 1. The van der Waals surface area contributed by atoms with E-state index < -0.39 is 5.82 Å². The summed E-state index contributed by atoms with van der Waals surface area (Å²) in [7, 11) is 0. The van der Waals surface area contributed by atoms with E-state index in [-0.39, 0.29) is 11.5 Å². The summed E-state index contributed by atoms with van der Waals surface area (Å²) in [5, 5.41) is 4.50. The van der Waals surface area contributed by atoms with E-state index in [0.717, 1.165) is 29.2 Å². The zero-order valence-corrected chi connectivity index (χ0v) is 16.6. The Morgan fingerprint density at radius 3 is 2.34 bits per heavy atom. The fourth-order valence-electron chi connectivity index (χ4n) is 3.52. The molecule has 0 atom stereocenters. The molecule has 0 aromatic carbocycles. The van der Waals surface area contributed by atoms with Crippen LogP contribution in [0, 0.1) is 26.6 Å². The molecular formula is C20H22FN7O. The molecule has 0 radical (unpaired) electrons. The van der Waals surface area contributed by atoms with Crippen molar-refractivity contribution < 1.29 is 9.18 Å². The van der Waals surface area contributed by atoms with Gasteiger partial charge in [-0.2, -0.15) is 5.10 Å². The molecule has 1 aliphatic heterocycles. The number of aryl methyl sites for hydroxylation is 3. The van der Waals surface area contributed by atoms with Crippen LogP contribution in [0.25, 0.3) is 5.82 Å². The second-order valence-electron chi connectivity index (χ2n) is 7.14. The molecule has 1 amide bonds. The normalized spacial score (nSPS) is 14.3. The molecule has 0 aliphatic carbocycles. The second kappa shape index (κ2) is 7.57. The molecule has 0 N–H and O–H groups in total. The van der Waals surface area contributed by atoms with Gasteiger partial charge < -0.3 is 9.80 Å². The Kier molecular flexibility index (Phi) is 4.96. The van der Waals surface area contributed by atoms with Crippen LogP contribution in [0.4, 0.5) is 10.2 Å². The fourth-order valence-corrected chi connectivity index (χ4v) is 3.52. The number of anilines is 1. The van der Waals surface area contributed by atoms with E-state index in [1.54, 1.807) is 4.90 Å². The highest BCUT2D eigenvalue weighted by molar-refractivity contribution is 5.94. The number of carbonyl (C=O) groups excluding carboxylic acids is 1. The van der Waals surface area contributed by atoms with Crippen LogP contribution in [0.2, 0.25) is 0 Å². The van der Waals surface area contributed by atoms with Crippen molar-refractivity contribution in [2.45, 2.75) is 20.8 Å². The Balaban J connectivity index is 1.50. The highest BCUT2D eigenvalue weighted by Gasteiger charge is 2.24. The maximum atomic E-state index is 13.4. The standard InChI is InChI=1S/C20H22FN7O/c1-13-8-14(2)28(25-13)19-10-18(23-15(3)24-19)26-4-6-27(7-5-26)20(29)16-9-17(21)12-22-11-16/h8-12H,4-7H2,1-3H3. The monoisotopic (exact) mass is 395 g/mol. The van der Waals surface area contributed by atoms with Crippen molar-refractivity contribution in [3.63, 3.8) is 0 Å². The van der Waals surface area contributed by atoms with E-state index in [4.69, 9.17) is 0 Å². The molecule has 0 saturated carbocycles. The first kappa shape index (κ1) is 19.0. The van der Waals surface area contributed by atoms with E-state index in [0.29, 0.717) is 32.0 Å². The first-order valence-corrected chi connectivity index (χ1v) is 9.45. The number of rotatable bonds is 3. The average Bonchev–Trinajstić information content (AvgIpc) is 3.05. The highest BCUT2D eigenvalue weighted by Crippen LogP contribution is 2.19. The van der Waals surface area contributed by atoms with Crippen molar-refractivity contribution in [2.75, 3.05) is 31.1 Å². The van der Waals surface area contributed by atoms with Gasteiger partial charge in [0.1, 0.15) is 17.5 Å². The number of hydrogen-bond donors (Lipinski definition) is 0. The van der Waals surface area contributed by atoms with Crippen molar-refractivity contribution in [1.82, 2.24) is 29.6 Å². The fraction of sp³-hybridized carbons (Fsp3) is 0.350. The SMILES string of the molecule is Cc1cc(C)n(-c2cc(N3CCN(C(=O)c4cncc(F)c4)CC3)nc(C)n2)n1. The molecule has 4 rings (SSSR count). The summed E-state index contributed by atoms with van der Waals surface area (Å²) >= 11 is 0. The van der Waals surface area contributed by atoms with Crippen LogP contribution in [-0.4, -0.2) is 61.7 Å². The number of hydrogen-bond acceptors (Lipinski definition) is 6. The minimum atomic E-state index is -0.511. The zero-order valence-electron chi connectivity index (χ0n) is 16.6. The van der Waals surface area contributed by atoms with Gasteiger partial charge in [-0.3, -0.25) is 9.78 Å². The Labute approximate surface area is 168 Å². The lowest BCUT2D eigenvalue weighted by atomic mass is 10.2. The molecule has 4 heterocycles. The molecule has 1 saturated heterocycles. The minimum absolute atomic E-state index is 0.209. The Morgan fingerprint density at radius 1 is 0.966 bits per heavy atom. The molecule has 0 spiro atoms. The van der Waals surface area contributed by atoms with E-state index in [1.165, 1.54) is 12.3 Å². The Morgan fingerprint density at radius 2 is 1.69 bits per heavy atom. The van der Waals surface area contributed by atoms with Crippen molar-refractivity contribution >= 4 is 11.7 Å². The second-order valence-corrected chi connectivity index (χ2v) is 7.14. The van der Waals surface area contributed by atoms with Gasteiger partial charge in [0.15, 0.2) is 5.82 Å². The lowest BCUT2D eigenvalue weighted by molar-refractivity contribution is 0.0745. The predicted octanol–water partition coefficient (Wildman–Crippen LogP) is 2.08. The van der Waals surface area contributed by atoms with Gasteiger partial charge in [-0.05, 0) is 32.9 Å². The maximum Gasteiger partial charge on any atom is 0.255 e. The molecule has 3 aromatic rings. The quantitative estimate of drug-likeness (QED) is 0.676. The van der Waals surface area contributed by atoms with Crippen LogP contribution in [0.5, 0.6) is 0 Å². The van der Waals surface area contributed by atoms with Crippen LogP contribution in [-0.2, 0) is 0 Å². The molecule has 0 unspecified atom stereocenters. The van der Waals surface area contributed by atoms with Crippen LogP contribution in [0.3, 0.4) is 0 Å². The van der Waals surface area contributed by atoms with Crippen molar-refractivity contribution in [3.8, 4) is 5.82 Å². The van der Waals surface area contributed by atoms with Crippen LogP contribution < -0.4 is 4.90 Å². The molecule has 0 bridgehead atoms. The largest absolute Gasteiger partial charge is 0.353 e. The lowest BCUT2D eigenvalue weighted by Crippen LogP contribution is -2.49. The van der Waals surface area contributed by atoms with Crippen molar-refractivity contribution in [1.29, 1.82) is 0 Å². The molecular weight excluding hydrogens is 373 g/mol. The van der Waals surface area contributed by atoms with Crippen LogP contribution in [0.15, 0.2) is 30.6 Å². The summed E-state index contributed by atoms with van der Waals surface area (Å²) in [4.78, 5) is 29.3. The molecule has 9 heteroatoms. The van der Waals surface area contributed by atoms with E-state index in [2.05, 4.69) is 25.0 Å². The van der Waals surface area contributed by atoms with Crippen molar-refractivity contribution in [2.24, 2.45) is 0 Å². The third-order valence-corrected chi connectivity index (χ3v) is 4.88. The van der Waals surface area contributed by atoms with E-state index in [9.17, 15) is 9.18 Å². The molecule has 29 heavy (non-hydrogen) atoms. The van der Waals surface area contributed by atoms with Gasteiger partial charge >= 0.3 is 0 Å². The predicted molar refractivity (Wildman–Crippen MR) is 106 cm³/mol. The van der Waals surface area contributed by atoms with Gasteiger partial charge in [-0.15, -0.1) is 0 Å². The summed E-state index contributed by atoms with van der Waals surface area (Å²) in [6.45, 7) is 8.09. The summed E-state index contributed by atoms with van der Waals surface area (Å²) in [5.74, 6) is 1.47. The maximum absolute atomic E-state index is 13.4. The molecule has 1 aliphatic rings.